The van der Waals surface area contributed by atoms with Crippen LogP contribution in [-0.2, 0) is 4.74 Å². The van der Waals surface area contributed by atoms with Crippen molar-refractivity contribution in [1.82, 2.24) is 29.7 Å². The number of benzene rings is 1. The molecule has 2 aliphatic heterocycles. The van der Waals surface area contributed by atoms with Crippen molar-refractivity contribution in [3.8, 4) is 22.5 Å². The number of aryl methyl sites for hydroxylation is 1. The van der Waals surface area contributed by atoms with Crippen molar-refractivity contribution >= 4 is 11.3 Å². The second-order valence-electron chi connectivity index (χ2n) is 9.72. The van der Waals surface area contributed by atoms with E-state index in [1.165, 1.54) is 11.3 Å². The number of fused-ring (bicyclic) bond motifs is 1. The lowest BCUT2D eigenvalue weighted by molar-refractivity contribution is -0.0660. The van der Waals surface area contributed by atoms with Crippen molar-refractivity contribution in [2.24, 2.45) is 0 Å². The number of aromatic amines is 1. The number of piperazine rings is 1. The van der Waals surface area contributed by atoms with Gasteiger partial charge in [0.25, 0.3) is 0 Å². The van der Waals surface area contributed by atoms with Crippen molar-refractivity contribution in [2.45, 2.75) is 32.7 Å². The average Bonchev–Trinajstić information content (AvgIpc) is 3.46. The van der Waals surface area contributed by atoms with Crippen LogP contribution in [0.4, 0.5) is 5.69 Å². The summed E-state index contributed by atoms with van der Waals surface area (Å²) >= 11 is 0. The van der Waals surface area contributed by atoms with Crippen molar-refractivity contribution < 1.29 is 4.74 Å². The Bertz CT molecular complexity index is 1290. The molecular weight excluding hydrogens is 426 g/mol. The Morgan fingerprint density at radius 2 is 1.79 bits per heavy atom. The van der Waals surface area contributed by atoms with Crippen molar-refractivity contribution in [2.75, 3.05) is 44.3 Å². The predicted molar refractivity (Wildman–Crippen MR) is 133 cm³/mol. The summed E-state index contributed by atoms with van der Waals surface area (Å²) in [5.74, 6) is 0.318. The molecule has 8 nitrogen and oxygen atoms in total. The summed E-state index contributed by atoms with van der Waals surface area (Å²) < 4.78 is 7.19. The summed E-state index contributed by atoms with van der Waals surface area (Å²) in [6.07, 6.45) is 3.61. The summed E-state index contributed by atoms with van der Waals surface area (Å²) in [5, 5.41) is 12.4. The number of aromatic nitrogens is 5. The fraction of sp³-hybridized carbons (Fsp3) is 0.423. The Morgan fingerprint density at radius 3 is 2.47 bits per heavy atom. The quantitative estimate of drug-likeness (QED) is 0.492. The first-order valence-corrected chi connectivity index (χ1v) is 12.1. The molecule has 0 atom stereocenters. The molecule has 5 heterocycles. The summed E-state index contributed by atoms with van der Waals surface area (Å²) in [4.78, 5) is 9.39. The number of pyridine rings is 1. The van der Waals surface area contributed by atoms with Gasteiger partial charge in [0, 0.05) is 49.2 Å². The first-order chi connectivity index (χ1) is 16.6. The molecular formula is C26H31N7O. The first-order valence-electron chi connectivity index (χ1n) is 12.1. The van der Waals surface area contributed by atoms with Crippen LogP contribution in [0.1, 0.15) is 30.9 Å². The van der Waals surface area contributed by atoms with Gasteiger partial charge in [-0.15, -0.1) is 0 Å². The Kier molecular flexibility index (Phi) is 5.34. The third-order valence-corrected chi connectivity index (χ3v) is 7.19. The fourth-order valence-electron chi connectivity index (χ4n) is 5.19. The van der Waals surface area contributed by atoms with E-state index in [0.29, 0.717) is 12.0 Å². The number of hydrogen-bond donors (Lipinski definition) is 1. The standard InChI is InChI=1S/C26H31N7O/c1-17(2)23-24(29-30-25(23)20-12-18(3)26-27-16-28-33(26)13-20)19-4-6-21(7-5-19)31-8-10-32(11-9-31)22-14-34-15-22/h4-7,12-13,16-17,22H,8-11,14-15H2,1-3H3,(H,29,30). The van der Waals surface area contributed by atoms with Gasteiger partial charge in [-0.2, -0.15) is 10.2 Å². The van der Waals surface area contributed by atoms with E-state index in [1.807, 2.05) is 10.7 Å². The Morgan fingerprint density at radius 1 is 1.03 bits per heavy atom. The second kappa shape index (κ2) is 8.52. The summed E-state index contributed by atoms with van der Waals surface area (Å²) in [6.45, 7) is 12.6. The SMILES string of the molecule is Cc1cc(-c2n[nH]c(-c3ccc(N4CCN(C5COC5)CC4)cc3)c2C(C)C)cn2ncnc12. The van der Waals surface area contributed by atoms with E-state index in [4.69, 9.17) is 9.84 Å². The van der Waals surface area contributed by atoms with Crippen LogP contribution in [0, 0.1) is 6.92 Å². The fourth-order valence-corrected chi connectivity index (χ4v) is 5.19. The van der Waals surface area contributed by atoms with Gasteiger partial charge in [-0.3, -0.25) is 10.00 Å². The molecule has 1 N–H and O–H groups in total. The Hall–Kier alpha value is -3.23. The molecule has 8 heteroatoms. The molecule has 0 amide bonds. The van der Waals surface area contributed by atoms with Crippen LogP contribution in [-0.4, -0.2) is 75.1 Å². The van der Waals surface area contributed by atoms with Crippen LogP contribution in [0.15, 0.2) is 42.9 Å². The minimum absolute atomic E-state index is 0.318. The molecule has 6 rings (SSSR count). The molecule has 3 aromatic heterocycles. The molecule has 2 fully saturated rings. The smallest absolute Gasteiger partial charge is 0.158 e. The highest BCUT2D eigenvalue weighted by molar-refractivity contribution is 5.76. The van der Waals surface area contributed by atoms with Crippen molar-refractivity contribution in [3.63, 3.8) is 0 Å². The lowest BCUT2D eigenvalue weighted by atomic mass is 9.94. The van der Waals surface area contributed by atoms with Crippen LogP contribution < -0.4 is 4.90 Å². The maximum absolute atomic E-state index is 5.36. The van der Waals surface area contributed by atoms with E-state index in [-0.39, 0.29) is 0 Å². The van der Waals surface area contributed by atoms with Crippen LogP contribution in [0.5, 0.6) is 0 Å². The molecule has 34 heavy (non-hydrogen) atoms. The third-order valence-electron chi connectivity index (χ3n) is 7.19. The molecule has 1 aromatic carbocycles. The van der Waals surface area contributed by atoms with E-state index in [9.17, 15) is 0 Å². The highest BCUT2D eigenvalue weighted by Crippen LogP contribution is 2.36. The zero-order valence-electron chi connectivity index (χ0n) is 20.0. The number of nitrogens with zero attached hydrogens (tertiary/aromatic N) is 6. The van der Waals surface area contributed by atoms with E-state index in [2.05, 4.69) is 76.1 Å². The summed E-state index contributed by atoms with van der Waals surface area (Å²) in [6, 6.07) is 11.7. The molecule has 2 saturated heterocycles. The second-order valence-corrected chi connectivity index (χ2v) is 9.72. The van der Waals surface area contributed by atoms with E-state index in [1.54, 1.807) is 6.33 Å². The van der Waals surface area contributed by atoms with Gasteiger partial charge in [0.1, 0.15) is 6.33 Å². The maximum Gasteiger partial charge on any atom is 0.158 e. The number of nitrogens with one attached hydrogen (secondary N) is 1. The minimum Gasteiger partial charge on any atom is -0.378 e. The lowest BCUT2D eigenvalue weighted by Gasteiger charge is -2.43. The molecule has 0 spiro atoms. The molecule has 0 unspecified atom stereocenters. The summed E-state index contributed by atoms with van der Waals surface area (Å²) in [5.41, 5.74) is 8.75. The zero-order chi connectivity index (χ0) is 23.2. The van der Waals surface area contributed by atoms with Gasteiger partial charge in [-0.1, -0.05) is 26.0 Å². The van der Waals surface area contributed by atoms with Crippen molar-refractivity contribution in [1.29, 1.82) is 0 Å². The topological polar surface area (TPSA) is 74.6 Å². The Labute approximate surface area is 199 Å². The monoisotopic (exact) mass is 457 g/mol. The van der Waals surface area contributed by atoms with Gasteiger partial charge in [0.05, 0.1) is 30.6 Å². The van der Waals surface area contributed by atoms with Gasteiger partial charge in [0.2, 0.25) is 0 Å². The van der Waals surface area contributed by atoms with Crippen molar-refractivity contribution in [3.05, 3.63) is 54.0 Å². The highest BCUT2D eigenvalue weighted by Gasteiger charge is 2.29. The number of H-pyrrole nitrogens is 1. The molecule has 4 aromatic rings. The molecule has 176 valence electrons. The third kappa shape index (κ3) is 3.67. The summed E-state index contributed by atoms with van der Waals surface area (Å²) in [7, 11) is 0. The number of ether oxygens (including phenoxy) is 1. The van der Waals surface area contributed by atoms with Crippen LogP contribution in [0.25, 0.3) is 28.2 Å². The van der Waals surface area contributed by atoms with Gasteiger partial charge in [-0.25, -0.2) is 9.50 Å². The van der Waals surface area contributed by atoms with Crippen LogP contribution in [0.2, 0.25) is 0 Å². The molecule has 0 radical (unpaired) electrons. The van der Waals surface area contributed by atoms with Gasteiger partial charge in [-0.05, 0) is 42.2 Å². The minimum atomic E-state index is 0.318. The first kappa shape index (κ1) is 21.3. The maximum atomic E-state index is 5.36. The normalized spacial score (nSPS) is 17.6. The van der Waals surface area contributed by atoms with E-state index < -0.39 is 0 Å². The van der Waals surface area contributed by atoms with Gasteiger partial charge < -0.3 is 9.64 Å². The molecule has 0 saturated carbocycles. The van der Waals surface area contributed by atoms with E-state index >= 15 is 0 Å². The van der Waals surface area contributed by atoms with Crippen LogP contribution in [0.3, 0.4) is 0 Å². The number of anilines is 1. The average molecular weight is 458 g/mol. The largest absolute Gasteiger partial charge is 0.378 e. The number of rotatable bonds is 5. The van der Waals surface area contributed by atoms with Gasteiger partial charge >= 0.3 is 0 Å². The van der Waals surface area contributed by atoms with E-state index in [0.717, 1.165) is 73.1 Å². The zero-order valence-corrected chi connectivity index (χ0v) is 20.0. The lowest BCUT2D eigenvalue weighted by Crippen LogP contribution is -2.56. The Balaban J connectivity index is 1.26. The van der Waals surface area contributed by atoms with Crippen LogP contribution >= 0.6 is 0 Å². The number of hydrogen-bond acceptors (Lipinski definition) is 6. The molecule has 0 aliphatic carbocycles. The molecule has 2 aliphatic rings. The molecule has 0 bridgehead atoms. The van der Waals surface area contributed by atoms with Gasteiger partial charge in [0.15, 0.2) is 5.65 Å². The predicted octanol–water partition coefficient (Wildman–Crippen LogP) is 3.74. The highest BCUT2D eigenvalue weighted by atomic mass is 16.5.